The van der Waals surface area contributed by atoms with Crippen molar-refractivity contribution in [3.8, 4) is 22.6 Å². The number of hydrogen-bond acceptors (Lipinski definition) is 5. The number of aromatic nitrogens is 5. The van der Waals surface area contributed by atoms with Crippen LogP contribution in [0, 0.1) is 0 Å². The molecule has 0 aliphatic rings. The summed E-state index contributed by atoms with van der Waals surface area (Å²) in [5.41, 5.74) is 2.34. The SMILES string of the molecule is CC(CO)n1c(-c2ccc(Cl)cc2)nc2c(-c3cnn(C)c3)nccc2c1=O. The summed E-state index contributed by atoms with van der Waals surface area (Å²) in [5.74, 6) is 0.453. The van der Waals surface area contributed by atoms with E-state index in [-0.39, 0.29) is 12.2 Å². The van der Waals surface area contributed by atoms with Gasteiger partial charge in [0.25, 0.3) is 5.56 Å². The number of benzene rings is 1. The average Bonchev–Trinajstić information content (AvgIpc) is 3.13. The highest BCUT2D eigenvalue weighted by Gasteiger charge is 2.20. The van der Waals surface area contributed by atoms with Crippen LogP contribution in [0.5, 0.6) is 0 Å². The smallest absolute Gasteiger partial charge is 0.262 e. The summed E-state index contributed by atoms with van der Waals surface area (Å²) in [5, 5.41) is 14.9. The molecule has 0 aliphatic carbocycles. The highest BCUT2D eigenvalue weighted by molar-refractivity contribution is 6.30. The largest absolute Gasteiger partial charge is 0.394 e. The Kier molecular flexibility index (Phi) is 4.70. The maximum absolute atomic E-state index is 13.3. The van der Waals surface area contributed by atoms with Crippen LogP contribution in [-0.4, -0.2) is 36.0 Å². The summed E-state index contributed by atoms with van der Waals surface area (Å²) in [6, 6.07) is 8.30. The lowest BCUT2D eigenvalue weighted by Gasteiger charge is -2.19. The lowest BCUT2D eigenvalue weighted by atomic mass is 10.1. The third-order valence-electron chi connectivity index (χ3n) is 4.61. The lowest BCUT2D eigenvalue weighted by molar-refractivity contribution is 0.237. The Morgan fingerprint density at radius 1 is 1.18 bits per heavy atom. The van der Waals surface area contributed by atoms with Crippen LogP contribution in [0.2, 0.25) is 5.02 Å². The van der Waals surface area contributed by atoms with Crippen molar-refractivity contribution in [2.24, 2.45) is 7.05 Å². The Morgan fingerprint density at radius 3 is 2.57 bits per heavy atom. The number of aryl methyl sites for hydroxylation is 1. The molecule has 0 aliphatic heterocycles. The van der Waals surface area contributed by atoms with E-state index in [2.05, 4.69) is 10.1 Å². The van der Waals surface area contributed by atoms with Crippen LogP contribution in [-0.2, 0) is 7.05 Å². The fraction of sp³-hybridized carbons (Fsp3) is 0.200. The summed E-state index contributed by atoms with van der Waals surface area (Å²) >= 11 is 6.01. The highest BCUT2D eigenvalue weighted by Crippen LogP contribution is 2.27. The van der Waals surface area contributed by atoms with Crippen molar-refractivity contribution >= 4 is 22.5 Å². The van der Waals surface area contributed by atoms with Gasteiger partial charge < -0.3 is 5.11 Å². The maximum atomic E-state index is 13.3. The van der Waals surface area contributed by atoms with E-state index in [1.807, 2.05) is 13.2 Å². The van der Waals surface area contributed by atoms with Crippen LogP contribution >= 0.6 is 11.6 Å². The van der Waals surface area contributed by atoms with E-state index in [1.165, 1.54) is 4.57 Å². The molecule has 0 amide bonds. The van der Waals surface area contributed by atoms with Crippen LogP contribution in [0.1, 0.15) is 13.0 Å². The van der Waals surface area contributed by atoms with E-state index in [0.29, 0.717) is 27.4 Å². The predicted molar refractivity (Wildman–Crippen MR) is 108 cm³/mol. The molecule has 0 saturated carbocycles. The molecule has 4 rings (SSSR count). The molecule has 7 nitrogen and oxygen atoms in total. The van der Waals surface area contributed by atoms with Gasteiger partial charge in [-0.25, -0.2) is 4.98 Å². The maximum Gasteiger partial charge on any atom is 0.262 e. The van der Waals surface area contributed by atoms with E-state index in [1.54, 1.807) is 54.3 Å². The van der Waals surface area contributed by atoms with Crippen LogP contribution in [0.4, 0.5) is 0 Å². The molecule has 4 aromatic rings. The number of aliphatic hydroxyl groups is 1. The van der Waals surface area contributed by atoms with Gasteiger partial charge in [-0.2, -0.15) is 5.10 Å². The second-order valence-corrected chi connectivity index (χ2v) is 7.04. The van der Waals surface area contributed by atoms with Crippen LogP contribution < -0.4 is 5.56 Å². The fourth-order valence-electron chi connectivity index (χ4n) is 3.17. The summed E-state index contributed by atoms with van der Waals surface area (Å²) in [6.45, 7) is 1.59. The third-order valence-corrected chi connectivity index (χ3v) is 4.86. The molecule has 142 valence electrons. The molecule has 1 atom stereocenters. The Morgan fingerprint density at radius 2 is 1.93 bits per heavy atom. The number of fused-ring (bicyclic) bond motifs is 1. The minimum atomic E-state index is -0.440. The van der Waals surface area contributed by atoms with E-state index < -0.39 is 6.04 Å². The van der Waals surface area contributed by atoms with Gasteiger partial charge in [0.15, 0.2) is 0 Å². The first-order valence-electron chi connectivity index (χ1n) is 8.76. The van der Waals surface area contributed by atoms with Crippen molar-refractivity contribution in [2.45, 2.75) is 13.0 Å². The number of hydrogen-bond donors (Lipinski definition) is 1. The van der Waals surface area contributed by atoms with Gasteiger partial charge in [0.05, 0.1) is 29.9 Å². The van der Waals surface area contributed by atoms with E-state index in [4.69, 9.17) is 16.6 Å². The molecule has 8 heteroatoms. The first kappa shape index (κ1) is 18.3. The summed E-state index contributed by atoms with van der Waals surface area (Å²) in [6.07, 6.45) is 5.10. The molecule has 0 bridgehead atoms. The topological polar surface area (TPSA) is 85.8 Å². The minimum absolute atomic E-state index is 0.186. The van der Waals surface area contributed by atoms with Gasteiger partial charge in [-0.1, -0.05) is 11.6 Å². The predicted octanol–water partition coefficient (Wildman–Crippen LogP) is 3.07. The number of nitrogens with zero attached hydrogens (tertiary/aromatic N) is 5. The van der Waals surface area contributed by atoms with Crippen LogP contribution in [0.25, 0.3) is 33.5 Å². The van der Waals surface area contributed by atoms with E-state index in [0.717, 1.165) is 11.1 Å². The molecule has 3 heterocycles. The van der Waals surface area contributed by atoms with Crippen molar-refractivity contribution in [1.82, 2.24) is 24.3 Å². The monoisotopic (exact) mass is 395 g/mol. The molecule has 1 unspecified atom stereocenters. The molecule has 1 aromatic carbocycles. The Hall–Kier alpha value is -3.03. The zero-order valence-electron chi connectivity index (χ0n) is 15.4. The summed E-state index contributed by atoms with van der Waals surface area (Å²) < 4.78 is 3.18. The zero-order valence-corrected chi connectivity index (χ0v) is 16.1. The van der Waals surface area contributed by atoms with Crippen molar-refractivity contribution < 1.29 is 5.11 Å². The Bertz CT molecular complexity index is 1210. The van der Waals surface area contributed by atoms with Gasteiger partial charge in [0.1, 0.15) is 11.3 Å². The number of pyridine rings is 1. The number of halogens is 1. The molecule has 0 fully saturated rings. The molecule has 0 saturated heterocycles. The third kappa shape index (κ3) is 3.08. The molecular formula is C20H18ClN5O2. The highest BCUT2D eigenvalue weighted by atomic mass is 35.5. The van der Waals surface area contributed by atoms with Gasteiger partial charge in [-0.05, 0) is 37.3 Å². The van der Waals surface area contributed by atoms with Gasteiger partial charge in [0, 0.05) is 35.6 Å². The quantitative estimate of drug-likeness (QED) is 0.574. The molecule has 0 spiro atoms. The van der Waals surface area contributed by atoms with Crippen molar-refractivity contribution in [1.29, 1.82) is 0 Å². The summed E-state index contributed by atoms with van der Waals surface area (Å²) in [7, 11) is 1.82. The zero-order chi connectivity index (χ0) is 19.8. The molecular weight excluding hydrogens is 378 g/mol. The van der Waals surface area contributed by atoms with Gasteiger partial charge in [-0.15, -0.1) is 0 Å². The number of rotatable bonds is 4. The Balaban J connectivity index is 2.08. The first-order valence-corrected chi connectivity index (χ1v) is 9.14. The lowest BCUT2D eigenvalue weighted by Crippen LogP contribution is -2.28. The van der Waals surface area contributed by atoms with Crippen molar-refractivity contribution in [2.75, 3.05) is 6.61 Å². The normalized spacial score (nSPS) is 12.4. The number of aliphatic hydroxyl groups excluding tert-OH is 1. The van der Waals surface area contributed by atoms with Gasteiger partial charge in [-0.3, -0.25) is 19.0 Å². The van der Waals surface area contributed by atoms with E-state index >= 15 is 0 Å². The minimum Gasteiger partial charge on any atom is -0.394 e. The Labute approximate surface area is 165 Å². The fourth-order valence-corrected chi connectivity index (χ4v) is 3.30. The standard InChI is InChI=1S/C20H18ClN5O2/c1-12(11-27)26-19(13-3-5-15(21)6-4-13)24-18-16(20(26)28)7-8-22-17(18)14-9-23-25(2)10-14/h3-10,12,27H,11H2,1-2H3. The van der Waals surface area contributed by atoms with E-state index in [9.17, 15) is 9.90 Å². The van der Waals surface area contributed by atoms with Crippen molar-refractivity contribution in [3.63, 3.8) is 0 Å². The molecule has 28 heavy (non-hydrogen) atoms. The molecule has 0 radical (unpaired) electrons. The second-order valence-electron chi connectivity index (χ2n) is 6.61. The van der Waals surface area contributed by atoms with Crippen molar-refractivity contribution in [3.05, 3.63) is 64.3 Å². The first-order chi connectivity index (χ1) is 13.5. The van der Waals surface area contributed by atoms with Gasteiger partial charge >= 0.3 is 0 Å². The average molecular weight is 396 g/mol. The van der Waals surface area contributed by atoms with Crippen LogP contribution in [0.15, 0.2) is 53.7 Å². The summed E-state index contributed by atoms with van der Waals surface area (Å²) in [4.78, 5) is 22.6. The van der Waals surface area contributed by atoms with Gasteiger partial charge in [0.2, 0.25) is 0 Å². The molecule has 1 N–H and O–H groups in total. The second kappa shape index (κ2) is 7.18. The molecule has 3 aromatic heterocycles. The van der Waals surface area contributed by atoms with Crippen LogP contribution in [0.3, 0.4) is 0 Å².